The van der Waals surface area contributed by atoms with Crippen molar-refractivity contribution in [3.8, 4) is 0 Å². The number of nitrogens with one attached hydrogen (secondary N) is 2. The molecule has 0 aromatic heterocycles. The second-order valence-electron chi connectivity index (χ2n) is 3.25. The van der Waals surface area contributed by atoms with Gasteiger partial charge in [-0.15, -0.1) is 0 Å². The molecule has 7 heteroatoms. The van der Waals surface area contributed by atoms with Crippen molar-refractivity contribution < 1.29 is 25.4 Å². The summed E-state index contributed by atoms with van der Waals surface area (Å²) in [6, 6.07) is 0. The second-order valence-corrected chi connectivity index (χ2v) is 5.61. The average molecular weight is 350 g/mol. The van der Waals surface area contributed by atoms with Crippen LogP contribution in [0.25, 0.3) is 0 Å². The molecule has 2 rings (SSSR count). The zero-order valence-corrected chi connectivity index (χ0v) is 11.4. The van der Waals surface area contributed by atoms with E-state index in [2.05, 4.69) is 10.6 Å². The molecule has 15 heavy (non-hydrogen) atoms. The molecule has 0 saturated carbocycles. The molecule has 0 spiro atoms. The van der Waals surface area contributed by atoms with E-state index in [0.717, 1.165) is 39.1 Å². The Bertz CT molecular complexity index is 140. The Balaban J connectivity index is 0.000000337. The first kappa shape index (κ1) is 14.1. The average Bonchev–Trinajstić information content (AvgIpc) is 2.90. The van der Waals surface area contributed by atoms with Gasteiger partial charge in [0.15, 0.2) is 0 Å². The van der Waals surface area contributed by atoms with Gasteiger partial charge in [0.05, 0.1) is 13.2 Å². The van der Waals surface area contributed by atoms with Crippen LogP contribution in [0.3, 0.4) is 0 Å². The SMILES string of the molecule is C1COC(CCC2NCCO2)N1.[Cl][Pd][Cl]. The fourth-order valence-corrected chi connectivity index (χ4v) is 1.63. The standard InChI is InChI=1S/C8H16N2O2.2ClH.Pd/c1(7-9-3-5-11-7)2-8-10-4-6-12-8;;;/h7-10H,1-6H2;2*1H;/q;;;+2/p-2. The van der Waals surface area contributed by atoms with E-state index in [1.807, 2.05) is 0 Å². The van der Waals surface area contributed by atoms with Crippen LogP contribution >= 0.6 is 19.1 Å². The summed E-state index contributed by atoms with van der Waals surface area (Å²) in [5.41, 5.74) is 0. The van der Waals surface area contributed by atoms with Gasteiger partial charge in [-0.05, 0) is 12.8 Å². The normalized spacial score (nSPS) is 30.3. The molecule has 4 nitrogen and oxygen atoms in total. The van der Waals surface area contributed by atoms with Crippen LogP contribution in [0.5, 0.6) is 0 Å². The van der Waals surface area contributed by atoms with E-state index in [1.54, 1.807) is 0 Å². The molecular formula is C8H16Cl2N2O2Pd. The number of ether oxygens (including phenoxy) is 2. The van der Waals surface area contributed by atoms with Gasteiger partial charge in [0.1, 0.15) is 12.5 Å². The molecule has 0 aliphatic carbocycles. The summed E-state index contributed by atoms with van der Waals surface area (Å²) in [5, 5.41) is 6.55. The maximum absolute atomic E-state index is 5.42. The van der Waals surface area contributed by atoms with Crippen LogP contribution in [0.15, 0.2) is 0 Å². The van der Waals surface area contributed by atoms with Gasteiger partial charge in [-0.3, -0.25) is 10.6 Å². The van der Waals surface area contributed by atoms with E-state index >= 15 is 0 Å². The Morgan fingerprint density at radius 2 is 1.40 bits per heavy atom. The van der Waals surface area contributed by atoms with Crippen LogP contribution in [0.4, 0.5) is 0 Å². The van der Waals surface area contributed by atoms with Crippen molar-refractivity contribution >= 4 is 19.1 Å². The zero-order chi connectivity index (χ0) is 10.9. The van der Waals surface area contributed by atoms with Crippen molar-refractivity contribution in [1.29, 1.82) is 0 Å². The summed E-state index contributed by atoms with van der Waals surface area (Å²) in [6.07, 6.45) is 2.60. The molecule has 2 unspecified atom stereocenters. The van der Waals surface area contributed by atoms with Gasteiger partial charge in [0.25, 0.3) is 0 Å². The van der Waals surface area contributed by atoms with E-state index in [1.165, 1.54) is 0 Å². The molecule has 0 aromatic rings. The van der Waals surface area contributed by atoms with Gasteiger partial charge < -0.3 is 9.47 Å². The Hall–Kier alpha value is 1.08. The van der Waals surface area contributed by atoms with Crippen molar-refractivity contribution in [2.75, 3.05) is 26.3 Å². The fraction of sp³-hybridized carbons (Fsp3) is 1.00. The molecule has 0 radical (unpaired) electrons. The Morgan fingerprint density at radius 1 is 1.00 bits per heavy atom. The topological polar surface area (TPSA) is 42.5 Å². The molecule has 2 aliphatic heterocycles. The second kappa shape index (κ2) is 9.15. The summed E-state index contributed by atoms with van der Waals surface area (Å²) < 4.78 is 10.8. The van der Waals surface area contributed by atoms with Crippen molar-refractivity contribution in [3.63, 3.8) is 0 Å². The number of hydrogen-bond donors (Lipinski definition) is 2. The molecule has 2 aliphatic rings. The zero-order valence-electron chi connectivity index (χ0n) is 8.29. The third-order valence-corrected chi connectivity index (χ3v) is 2.28. The Morgan fingerprint density at radius 3 is 1.67 bits per heavy atom. The fourth-order valence-electron chi connectivity index (χ4n) is 1.63. The van der Waals surface area contributed by atoms with Crippen molar-refractivity contribution in [2.24, 2.45) is 0 Å². The van der Waals surface area contributed by atoms with Crippen LogP contribution in [0, 0.1) is 0 Å². The number of hydrogen-bond acceptors (Lipinski definition) is 4. The number of halogens is 2. The summed E-state index contributed by atoms with van der Waals surface area (Å²) in [4.78, 5) is 0. The van der Waals surface area contributed by atoms with Crippen LogP contribution in [-0.2, 0) is 25.4 Å². The van der Waals surface area contributed by atoms with E-state index in [-0.39, 0.29) is 28.4 Å². The van der Waals surface area contributed by atoms with Crippen LogP contribution in [-0.4, -0.2) is 38.8 Å². The van der Waals surface area contributed by atoms with E-state index in [4.69, 9.17) is 28.5 Å². The maximum atomic E-state index is 5.42. The van der Waals surface area contributed by atoms with Crippen LogP contribution in [0.2, 0.25) is 0 Å². The molecule has 2 N–H and O–H groups in total. The summed E-state index contributed by atoms with van der Waals surface area (Å²) >= 11 is -0.106. The van der Waals surface area contributed by atoms with E-state index in [0.29, 0.717) is 0 Å². The predicted octanol–water partition coefficient (Wildman–Crippen LogP) is 1.03. The molecular weight excluding hydrogens is 333 g/mol. The molecule has 2 saturated heterocycles. The van der Waals surface area contributed by atoms with Gasteiger partial charge in [-0.2, -0.15) is 0 Å². The van der Waals surface area contributed by atoms with Gasteiger partial charge in [-0.1, -0.05) is 0 Å². The van der Waals surface area contributed by atoms with Gasteiger partial charge in [-0.25, -0.2) is 0 Å². The van der Waals surface area contributed by atoms with Crippen LogP contribution < -0.4 is 10.6 Å². The van der Waals surface area contributed by atoms with Gasteiger partial charge >= 0.3 is 35.0 Å². The molecule has 2 atom stereocenters. The van der Waals surface area contributed by atoms with Gasteiger partial charge in [0, 0.05) is 13.1 Å². The van der Waals surface area contributed by atoms with Gasteiger partial charge in [0.2, 0.25) is 0 Å². The third-order valence-electron chi connectivity index (χ3n) is 2.28. The van der Waals surface area contributed by atoms with Crippen molar-refractivity contribution in [3.05, 3.63) is 0 Å². The first-order valence-electron chi connectivity index (χ1n) is 4.89. The Kier molecular flexibility index (Phi) is 8.63. The summed E-state index contributed by atoms with van der Waals surface area (Å²) in [6.45, 7) is 3.68. The molecule has 0 bridgehead atoms. The van der Waals surface area contributed by atoms with E-state index in [9.17, 15) is 0 Å². The quantitative estimate of drug-likeness (QED) is 0.747. The predicted molar refractivity (Wildman–Crippen MR) is 56.4 cm³/mol. The first-order valence-corrected chi connectivity index (χ1v) is 8.89. The molecule has 2 fully saturated rings. The minimum atomic E-state index is -0.106. The summed E-state index contributed by atoms with van der Waals surface area (Å²) in [7, 11) is 9.63. The molecule has 2 heterocycles. The molecule has 94 valence electrons. The third kappa shape index (κ3) is 6.40. The molecule has 0 amide bonds. The van der Waals surface area contributed by atoms with E-state index < -0.39 is 0 Å². The van der Waals surface area contributed by atoms with Crippen molar-refractivity contribution in [1.82, 2.24) is 10.6 Å². The molecule has 0 aromatic carbocycles. The van der Waals surface area contributed by atoms with Crippen LogP contribution in [0.1, 0.15) is 12.8 Å². The number of rotatable bonds is 3. The first-order chi connectivity index (χ1) is 7.36. The monoisotopic (exact) mass is 348 g/mol. The minimum absolute atomic E-state index is 0.106. The Labute approximate surface area is 106 Å². The van der Waals surface area contributed by atoms with Crippen molar-refractivity contribution in [2.45, 2.75) is 25.3 Å². The summed E-state index contributed by atoms with van der Waals surface area (Å²) in [5.74, 6) is 0.